The first-order chi connectivity index (χ1) is 10.3. The Bertz CT molecular complexity index is 674. The molecule has 2 rings (SSSR count). The van der Waals surface area contributed by atoms with Gasteiger partial charge in [-0.25, -0.2) is 0 Å². The third-order valence-corrected chi connectivity index (χ3v) is 3.23. The van der Waals surface area contributed by atoms with E-state index in [-0.39, 0.29) is 5.69 Å². The van der Waals surface area contributed by atoms with E-state index < -0.39 is 28.8 Å². The number of nitrogens with one attached hydrogen (secondary N) is 1. The maximum absolute atomic E-state index is 12.7. The zero-order valence-electron chi connectivity index (χ0n) is 11.1. The van der Waals surface area contributed by atoms with Crippen molar-refractivity contribution in [2.24, 2.45) is 0 Å². The van der Waals surface area contributed by atoms with Gasteiger partial charge in [0.2, 0.25) is 0 Å². The number of hydrogen-bond acceptors (Lipinski definition) is 2. The third kappa shape index (κ3) is 3.78. The summed E-state index contributed by atoms with van der Waals surface area (Å²) in [5.41, 5.74) is -0.817. The average molecular weight is 330 g/mol. The van der Waals surface area contributed by atoms with E-state index >= 15 is 0 Å². The molecule has 22 heavy (non-hydrogen) atoms. The van der Waals surface area contributed by atoms with Crippen LogP contribution in [0.2, 0.25) is 5.02 Å². The Labute approximate surface area is 129 Å². The van der Waals surface area contributed by atoms with Crippen molar-refractivity contribution in [1.29, 1.82) is 0 Å². The van der Waals surface area contributed by atoms with Gasteiger partial charge in [0.15, 0.2) is 6.10 Å². The first-order valence-corrected chi connectivity index (χ1v) is 6.57. The van der Waals surface area contributed by atoms with Gasteiger partial charge in [0.1, 0.15) is 0 Å². The number of alkyl halides is 3. The van der Waals surface area contributed by atoms with Gasteiger partial charge < -0.3 is 10.4 Å². The Kier molecular flexibility index (Phi) is 4.73. The molecule has 1 amide bonds. The lowest BCUT2D eigenvalue weighted by Crippen LogP contribution is -2.21. The van der Waals surface area contributed by atoms with E-state index in [4.69, 9.17) is 11.6 Å². The van der Waals surface area contributed by atoms with Gasteiger partial charge >= 0.3 is 6.18 Å². The number of carbonyl (C=O) groups excluding carboxylic acids is 1. The van der Waals surface area contributed by atoms with Crippen molar-refractivity contribution < 1.29 is 23.1 Å². The molecule has 0 aliphatic carbocycles. The second-order valence-electron chi connectivity index (χ2n) is 4.49. The Morgan fingerprint density at radius 3 is 2.36 bits per heavy atom. The highest BCUT2D eigenvalue weighted by Gasteiger charge is 2.33. The van der Waals surface area contributed by atoms with E-state index in [9.17, 15) is 23.1 Å². The molecule has 0 bridgehead atoms. The number of aliphatic hydroxyl groups excluding tert-OH is 1. The molecule has 1 unspecified atom stereocenters. The van der Waals surface area contributed by atoms with Crippen LogP contribution in [0, 0.1) is 0 Å². The van der Waals surface area contributed by atoms with Gasteiger partial charge in [-0.05, 0) is 23.8 Å². The van der Waals surface area contributed by atoms with Crippen LogP contribution in [0.1, 0.15) is 17.2 Å². The van der Waals surface area contributed by atoms with Crippen LogP contribution in [0.25, 0.3) is 0 Å². The van der Waals surface area contributed by atoms with Crippen LogP contribution in [0.15, 0.2) is 48.5 Å². The van der Waals surface area contributed by atoms with Crippen LogP contribution in [0.3, 0.4) is 0 Å². The number of carbonyl (C=O) groups is 1. The second kappa shape index (κ2) is 6.37. The first-order valence-electron chi connectivity index (χ1n) is 6.19. The Balaban J connectivity index is 2.19. The first kappa shape index (κ1) is 16.3. The fourth-order valence-corrected chi connectivity index (χ4v) is 2.04. The fraction of sp³-hybridized carbons (Fsp3) is 0.133. The molecule has 3 nitrogen and oxygen atoms in total. The van der Waals surface area contributed by atoms with Crippen LogP contribution in [0.5, 0.6) is 0 Å². The minimum atomic E-state index is -4.63. The maximum Gasteiger partial charge on any atom is 0.417 e. The summed E-state index contributed by atoms with van der Waals surface area (Å²) in [6.07, 6.45) is -6.11. The van der Waals surface area contributed by atoms with Crippen molar-refractivity contribution in [2.75, 3.05) is 5.32 Å². The van der Waals surface area contributed by atoms with E-state index in [1.54, 1.807) is 18.2 Å². The zero-order chi connectivity index (χ0) is 16.3. The molecule has 2 aromatic carbocycles. The van der Waals surface area contributed by atoms with Crippen molar-refractivity contribution in [1.82, 2.24) is 0 Å². The summed E-state index contributed by atoms with van der Waals surface area (Å²) in [7, 11) is 0. The van der Waals surface area contributed by atoms with E-state index in [1.165, 1.54) is 18.2 Å². The lowest BCUT2D eigenvalue weighted by Gasteiger charge is -2.14. The third-order valence-electron chi connectivity index (χ3n) is 2.90. The minimum Gasteiger partial charge on any atom is -0.378 e. The molecule has 116 valence electrons. The monoisotopic (exact) mass is 329 g/mol. The van der Waals surface area contributed by atoms with Gasteiger partial charge in [-0.2, -0.15) is 13.2 Å². The summed E-state index contributed by atoms with van der Waals surface area (Å²) in [4.78, 5) is 11.9. The van der Waals surface area contributed by atoms with Crippen LogP contribution in [0.4, 0.5) is 18.9 Å². The highest BCUT2D eigenvalue weighted by Crippen LogP contribution is 2.36. The molecule has 2 aromatic rings. The van der Waals surface area contributed by atoms with Gasteiger partial charge in [0, 0.05) is 5.69 Å². The van der Waals surface area contributed by atoms with E-state index in [0.29, 0.717) is 5.56 Å². The number of aliphatic hydroxyl groups is 1. The van der Waals surface area contributed by atoms with Crippen LogP contribution in [-0.2, 0) is 11.0 Å². The van der Waals surface area contributed by atoms with Crippen molar-refractivity contribution >= 4 is 23.2 Å². The van der Waals surface area contributed by atoms with Gasteiger partial charge in [-0.1, -0.05) is 41.9 Å². The fourth-order valence-electron chi connectivity index (χ4n) is 1.82. The number of amides is 1. The molecule has 0 fully saturated rings. The maximum atomic E-state index is 12.7. The summed E-state index contributed by atoms with van der Waals surface area (Å²) < 4.78 is 38.2. The number of anilines is 1. The molecule has 0 radical (unpaired) electrons. The molecule has 2 N–H and O–H groups in total. The summed E-state index contributed by atoms with van der Waals surface area (Å²) in [5.74, 6) is -0.832. The molecule has 1 atom stereocenters. The molecule has 0 saturated carbocycles. The van der Waals surface area contributed by atoms with E-state index in [0.717, 1.165) is 12.1 Å². The molecule has 0 aromatic heterocycles. The lowest BCUT2D eigenvalue weighted by atomic mass is 10.1. The highest BCUT2D eigenvalue weighted by atomic mass is 35.5. The number of benzene rings is 2. The molecular formula is C15H11ClF3NO2. The summed E-state index contributed by atoms with van der Waals surface area (Å²) in [5, 5.41) is 11.6. The quantitative estimate of drug-likeness (QED) is 0.893. The van der Waals surface area contributed by atoms with Crippen molar-refractivity contribution in [3.05, 3.63) is 64.7 Å². The molecular weight excluding hydrogens is 319 g/mol. The SMILES string of the molecule is O=C(Nc1ccc(Cl)c(C(F)(F)F)c1)C(O)c1ccccc1. The smallest absolute Gasteiger partial charge is 0.378 e. The molecule has 7 heteroatoms. The number of halogens is 4. The second-order valence-corrected chi connectivity index (χ2v) is 4.90. The predicted molar refractivity (Wildman–Crippen MR) is 76.5 cm³/mol. The van der Waals surface area contributed by atoms with Gasteiger partial charge in [0.05, 0.1) is 10.6 Å². The number of hydrogen-bond donors (Lipinski definition) is 2. The van der Waals surface area contributed by atoms with Crippen LogP contribution < -0.4 is 5.32 Å². The normalized spacial score (nSPS) is 12.8. The van der Waals surface area contributed by atoms with Crippen molar-refractivity contribution in [3.8, 4) is 0 Å². The Morgan fingerprint density at radius 1 is 1.14 bits per heavy atom. The minimum absolute atomic E-state index is 0.100. The zero-order valence-corrected chi connectivity index (χ0v) is 11.8. The van der Waals surface area contributed by atoms with Gasteiger partial charge in [-0.3, -0.25) is 4.79 Å². The molecule has 0 saturated heterocycles. The summed E-state index contributed by atoms with van der Waals surface area (Å²) >= 11 is 5.49. The summed E-state index contributed by atoms with van der Waals surface area (Å²) in [6.45, 7) is 0. The van der Waals surface area contributed by atoms with Crippen molar-refractivity contribution in [3.63, 3.8) is 0 Å². The lowest BCUT2D eigenvalue weighted by molar-refractivity contribution is -0.137. The molecule has 0 spiro atoms. The Hall–Kier alpha value is -2.05. The van der Waals surface area contributed by atoms with Crippen LogP contribution in [-0.4, -0.2) is 11.0 Å². The van der Waals surface area contributed by atoms with Crippen LogP contribution >= 0.6 is 11.6 Å². The largest absolute Gasteiger partial charge is 0.417 e. The highest BCUT2D eigenvalue weighted by molar-refractivity contribution is 6.31. The van der Waals surface area contributed by atoms with Gasteiger partial charge in [0.25, 0.3) is 5.91 Å². The number of rotatable bonds is 3. The molecule has 0 aliphatic rings. The Morgan fingerprint density at radius 2 is 1.77 bits per heavy atom. The van der Waals surface area contributed by atoms with Gasteiger partial charge in [-0.15, -0.1) is 0 Å². The van der Waals surface area contributed by atoms with E-state index in [1.807, 2.05) is 0 Å². The molecule has 0 heterocycles. The average Bonchev–Trinajstić information content (AvgIpc) is 2.48. The summed E-state index contributed by atoms with van der Waals surface area (Å²) in [6, 6.07) is 11.0. The van der Waals surface area contributed by atoms with E-state index in [2.05, 4.69) is 5.32 Å². The standard InChI is InChI=1S/C15H11ClF3NO2/c16-12-7-6-10(8-11(12)15(17,18)19)20-14(22)13(21)9-4-2-1-3-5-9/h1-8,13,21H,(H,20,22). The predicted octanol–water partition coefficient (Wildman–Crippen LogP) is 4.03. The van der Waals surface area contributed by atoms with Crippen molar-refractivity contribution in [2.45, 2.75) is 12.3 Å². The topological polar surface area (TPSA) is 49.3 Å². The molecule has 0 aliphatic heterocycles.